The maximum absolute atomic E-state index is 14.0. The van der Waals surface area contributed by atoms with Gasteiger partial charge in [-0.05, 0) is 42.5 Å². The number of rotatable bonds is 2. The molecule has 0 N–H and O–H groups in total. The number of piperidine rings is 1. The fraction of sp³-hybridized carbons (Fsp3) is 0.423. The van der Waals surface area contributed by atoms with Crippen LogP contribution in [0.15, 0.2) is 53.4 Å². The van der Waals surface area contributed by atoms with Gasteiger partial charge in [-0.1, -0.05) is 56.7 Å². The summed E-state index contributed by atoms with van der Waals surface area (Å²) < 4.78 is 29.5. The lowest BCUT2D eigenvalue weighted by atomic mass is 9.76. The Balaban J connectivity index is 1.78. The van der Waals surface area contributed by atoms with Gasteiger partial charge >= 0.3 is 0 Å². The van der Waals surface area contributed by atoms with Gasteiger partial charge in [-0.15, -0.1) is 0 Å². The number of hydrogen-bond donors (Lipinski definition) is 0. The van der Waals surface area contributed by atoms with Crippen molar-refractivity contribution in [1.29, 1.82) is 0 Å². The van der Waals surface area contributed by atoms with Crippen LogP contribution in [0.4, 0.5) is 0 Å². The molecular formula is C26H30N2O3S. The number of carbonyl (C=O) groups is 1. The number of hydrogen-bond acceptors (Lipinski definition) is 4. The average molecular weight is 451 g/mol. The lowest BCUT2D eigenvalue weighted by Crippen LogP contribution is -2.53. The molecule has 6 heteroatoms. The van der Waals surface area contributed by atoms with Crippen LogP contribution in [0.3, 0.4) is 0 Å². The number of para-hydroxylation sites is 1. The van der Waals surface area contributed by atoms with E-state index in [-0.39, 0.29) is 28.2 Å². The van der Waals surface area contributed by atoms with Crippen LogP contribution in [-0.4, -0.2) is 35.7 Å². The van der Waals surface area contributed by atoms with Gasteiger partial charge < -0.3 is 0 Å². The topological polar surface area (TPSA) is 59.4 Å². The van der Waals surface area contributed by atoms with Crippen molar-refractivity contribution in [2.24, 2.45) is 5.41 Å². The lowest BCUT2D eigenvalue weighted by Gasteiger charge is -2.49. The van der Waals surface area contributed by atoms with Crippen molar-refractivity contribution in [3.8, 4) is 0 Å². The number of Topliss-reactive ketones (excluding diaryl/α,β-unsaturated/α-hetero) is 1. The Morgan fingerprint density at radius 1 is 0.969 bits per heavy atom. The predicted molar refractivity (Wildman–Crippen MR) is 126 cm³/mol. The molecule has 2 atom stereocenters. The van der Waals surface area contributed by atoms with Crippen LogP contribution >= 0.6 is 0 Å². The molecule has 0 unspecified atom stereocenters. The fourth-order valence-corrected chi connectivity index (χ4v) is 7.15. The zero-order chi connectivity index (χ0) is 22.8. The SMILES string of the molecule is Cc1ccc(S(=O)(=O)n2c3c(c4ccccc42)CCN2[C@H](C(C)(C)C)CC(=O)C[C@@H]32)cc1. The molecule has 2 aliphatic heterocycles. The summed E-state index contributed by atoms with van der Waals surface area (Å²) in [7, 11) is -3.82. The summed E-state index contributed by atoms with van der Waals surface area (Å²) in [5, 5.41) is 0.975. The Morgan fingerprint density at radius 3 is 2.34 bits per heavy atom. The number of carbonyl (C=O) groups excluding carboxylic acids is 1. The van der Waals surface area contributed by atoms with E-state index in [0.717, 1.165) is 35.2 Å². The Hall–Kier alpha value is -2.44. The first kappa shape index (κ1) is 21.4. The van der Waals surface area contributed by atoms with E-state index < -0.39 is 10.0 Å². The van der Waals surface area contributed by atoms with Crippen molar-refractivity contribution in [2.75, 3.05) is 6.54 Å². The van der Waals surface area contributed by atoms with E-state index in [4.69, 9.17) is 0 Å². The van der Waals surface area contributed by atoms with E-state index in [1.165, 1.54) is 3.97 Å². The number of fused-ring (bicyclic) bond motifs is 5. The monoisotopic (exact) mass is 450 g/mol. The minimum atomic E-state index is -3.82. The lowest BCUT2D eigenvalue weighted by molar-refractivity contribution is -0.128. The molecule has 0 bridgehead atoms. The van der Waals surface area contributed by atoms with Crippen molar-refractivity contribution < 1.29 is 13.2 Å². The number of benzene rings is 2. The summed E-state index contributed by atoms with van der Waals surface area (Å²) in [4.78, 5) is 15.6. The van der Waals surface area contributed by atoms with Gasteiger partial charge in [0.15, 0.2) is 0 Å². The molecule has 2 aromatic carbocycles. The van der Waals surface area contributed by atoms with Gasteiger partial charge in [0.1, 0.15) is 5.78 Å². The molecule has 5 nitrogen and oxygen atoms in total. The van der Waals surface area contributed by atoms with Gasteiger partial charge in [-0.3, -0.25) is 9.69 Å². The maximum atomic E-state index is 14.0. The smallest absolute Gasteiger partial charge is 0.268 e. The molecule has 0 amide bonds. The Bertz CT molecular complexity index is 1310. The van der Waals surface area contributed by atoms with Crippen LogP contribution in [0, 0.1) is 12.3 Å². The van der Waals surface area contributed by atoms with Crippen LogP contribution in [0.1, 0.15) is 56.5 Å². The highest BCUT2D eigenvalue weighted by Gasteiger charge is 2.46. The summed E-state index contributed by atoms with van der Waals surface area (Å²) >= 11 is 0. The van der Waals surface area contributed by atoms with E-state index in [9.17, 15) is 13.2 Å². The molecular weight excluding hydrogens is 420 g/mol. The van der Waals surface area contributed by atoms with E-state index in [0.29, 0.717) is 18.4 Å². The fourth-order valence-electron chi connectivity index (χ4n) is 5.55. The largest absolute Gasteiger partial charge is 0.300 e. The zero-order valence-corrected chi connectivity index (χ0v) is 19.9. The molecule has 0 spiro atoms. The summed E-state index contributed by atoms with van der Waals surface area (Å²) in [6.45, 7) is 9.29. The van der Waals surface area contributed by atoms with Crippen LogP contribution in [-0.2, 0) is 21.2 Å². The maximum Gasteiger partial charge on any atom is 0.268 e. The Kier molecular flexibility index (Phi) is 4.88. The van der Waals surface area contributed by atoms with Crippen molar-refractivity contribution in [3.63, 3.8) is 0 Å². The van der Waals surface area contributed by atoms with E-state index in [1.54, 1.807) is 12.1 Å². The van der Waals surface area contributed by atoms with Crippen molar-refractivity contribution in [3.05, 3.63) is 65.4 Å². The normalized spacial score (nSPS) is 22.1. The molecule has 3 aromatic rings. The molecule has 1 saturated heterocycles. The predicted octanol–water partition coefficient (Wildman–Crippen LogP) is 4.86. The van der Waals surface area contributed by atoms with E-state index in [1.807, 2.05) is 43.3 Å². The quantitative estimate of drug-likeness (QED) is 0.559. The van der Waals surface area contributed by atoms with Gasteiger partial charge in [0.05, 0.1) is 22.1 Å². The molecule has 1 aromatic heterocycles. The number of nitrogens with zero attached hydrogens (tertiary/aromatic N) is 2. The highest BCUT2D eigenvalue weighted by molar-refractivity contribution is 7.90. The summed E-state index contributed by atoms with van der Waals surface area (Å²) in [5.41, 5.74) is 3.49. The second-order valence-corrected chi connectivity index (χ2v) is 12.1. The molecule has 168 valence electrons. The first-order chi connectivity index (χ1) is 15.1. The van der Waals surface area contributed by atoms with E-state index in [2.05, 4.69) is 25.7 Å². The molecule has 32 heavy (non-hydrogen) atoms. The Morgan fingerprint density at radius 2 is 1.66 bits per heavy atom. The summed E-state index contributed by atoms with van der Waals surface area (Å²) in [6.07, 6.45) is 1.67. The number of aryl methyl sites for hydroxylation is 1. The van der Waals surface area contributed by atoms with Gasteiger partial charge in [-0.25, -0.2) is 12.4 Å². The molecule has 0 saturated carbocycles. The average Bonchev–Trinajstić information content (AvgIpc) is 3.08. The second kappa shape index (κ2) is 7.29. The minimum Gasteiger partial charge on any atom is -0.300 e. The molecule has 3 heterocycles. The minimum absolute atomic E-state index is 0.0709. The van der Waals surface area contributed by atoms with Gasteiger partial charge in [-0.2, -0.15) is 0 Å². The van der Waals surface area contributed by atoms with Gasteiger partial charge in [0, 0.05) is 30.8 Å². The molecule has 1 fully saturated rings. The highest BCUT2D eigenvalue weighted by Crippen LogP contribution is 2.46. The molecule has 0 aliphatic carbocycles. The third kappa shape index (κ3) is 3.23. The Labute approximate surface area is 190 Å². The van der Waals surface area contributed by atoms with E-state index >= 15 is 0 Å². The standard InChI is InChI=1S/C26H30N2O3S/c1-17-9-11-19(12-10-17)32(30,31)28-22-8-6-5-7-20(22)21-13-14-27-23(25(21)28)15-18(29)16-24(27)26(2,3)4/h5-12,23-24H,13-16H2,1-4H3/t23-,24-/m0/s1. The molecule has 2 aliphatic rings. The molecule has 5 rings (SSSR count). The third-order valence-electron chi connectivity index (χ3n) is 7.11. The van der Waals surface area contributed by atoms with Crippen molar-refractivity contribution in [1.82, 2.24) is 8.87 Å². The first-order valence-corrected chi connectivity index (χ1v) is 12.7. The van der Waals surface area contributed by atoms with Crippen molar-refractivity contribution >= 4 is 26.7 Å². The highest BCUT2D eigenvalue weighted by atomic mass is 32.2. The van der Waals surface area contributed by atoms with Crippen LogP contribution < -0.4 is 0 Å². The second-order valence-electron chi connectivity index (χ2n) is 10.3. The van der Waals surface area contributed by atoms with Crippen molar-refractivity contribution in [2.45, 2.75) is 63.9 Å². The third-order valence-corrected chi connectivity index (χ3v) is 8.86. The van der Waals surface area contributed by atoms with Gasteiger partial charge in [0.25, 0.3) is 10.0 Å². The molecule has 0 radical (unpaired) electrons. The summed E-state index contributed by atoms with van der Waals surface area (Å²) in [6, 6.07) is 14.6. The first-order valence-electron chi connectivity index (χ1n) is 11.3. The number of aromatic nitrogens is 1. The zero-order valence-electron chi connectivity index (χ0n) is 19.1. The summed E-state index contributed by atoms with van der Waals surface area (Å²) in [5.74, 6) is 0.212. The van der Waals surface area contributed by atoms with Crippen LogP contribution in [0.25, 0.3) is 10.9 Å². The van der Waals surface area contributed by atoms with Crippen LogP contribution in [0.5, 0.6) is 0 Å². The van der Waals surface area contributed by atoms with Gasteiger partial charge in [0.2, 0.25) is 0 Å². The number of ketones is 1. The van der Waals surface area contributed by atoms with Crippen LogP contribution in [0.2, 0.25) is 0 Å².